The zero-order valence-electron chi connectivity index (χ0n) is 69.7. The van der Waals surface area contributed by atoms with Gasteiger partial charge in [-0.2, -0.15) is 28.5 Å². The van der Waals surface area contributed by atoms with E-state index >= 15 is 0 Å². The van der Waals surface area contributed by atoms with Crippen molar-refractivity contribution >= 4 is 73.2 Å². The maximum Gasteiger partial charge on any atom is 0.427 e. The number of fused-ring (bicyclic) bond motifs is 3. The maximum atomic E-state index is 13.9. The van der Waals surface area contributed by atoms with Crippen LogP contribution in [0.4, 0.5) is 47.3 Å². The van der Waals surface area contributed by atoms with E-state index in [4.69, 9.17) is 53.5 Å². The molecular formula is C86H107F3N20O9. The molecule has 1 saturated heterocycles. The molecule has 626 valence electrons. The van der Waals surface area contributed by atoms with Gasteiger partial charge < -0.3 is 73.4 Å². The van der Waals surface area contributed by atoms with Gasteiger partial charge in [0.1, 0.15) is 34.5 Å². The summed E-state index contributed by atoms with van der Waals surface area (Å²) in [5.41, 5.74) is 15.0. The third-order valence-corrected chi connectivity index (χ3v) is 19.7. The average molecular weight is 1620 g/mol. The number of nitrogens with zero attached hydrogens (tertiary/aromatic N) is 18. The number of aromatic nitrogens is 12. The number of halogens is 3. The van der Waals surface area contributed by atoms with Crippen LogP contribution in [-0.2, 0) is 36.7 Å². The second-order valence-electron chi connectivity index (χ2n) is 29.3. The minimum absolute atomic E-state index is 0.234. The average Bonchev–Trinajstić information content (AvgIpc) is 1.31. The monoisotopic (exact) mass is 1620 g/mol. The molecule has 0 radical (unpaired) electrons. The number of methoxy groups -OCH3 is 6. The van der Waals surface area contributed by atoms with Crippen LogP contribution in [0.3, 0.4) is 0 Å². The zero-order chi connectivity index (χ0) is 84.2. The van der Waals surface area contributed by atoms with Crippen LogP contribution in [0, 0.1) is 0 Å². The van der Waals surface area contributed by atoms with Crippen LogP contribution in [0.25, 0.3) is 66.9 Å². The maximum absolute atomic E-state index is 13.9. The molecule has 32 heteroatoms. The van der Waals surface area contributed by atoms with Gasteiger partial charge in [0, 0.05) is 223 Å². The Balaban J connectivity index is 0.000000175. The summed E-state index contributed by atoms with van der Waals surface area (Å²) in [6.45, 7) is 19.7. The fraction of sp³-hybridized carbons (Fsp3) is 0.395. The Morgan fingerprint density at radius 1 is 0.500 bits per heavy atom. The Morgan fingerprint density at radius 3 is 1.32 bits per heavy atom. The molecule has 1 aliphatic heterocycles. The van der Waals surface area contributed by atoms with Crippen LogP contribution in [0.15, 0.2) is 159 Å². The summed E-state index contributed by atoms with van der Waals surface area (Å²) < 4.78 is 84.7. The fourth-order valence-electron chi connectivity index (χ4n) is 13.6. The van der Waals surface area contributed by atoms with Crippen LogP contribution < -0.4 is 53.8 Å². The Labute approximate surface area is 686 Å². The first-order valence-electron chi connectivity index (χ1n) is 39.1. The van der Waals surface area contributed by atoms with Crippen LogP contribution >= 0.6 is 0 Å². The van der Waals surface area contributed by atoms with Crippen molar-refractivity contribution in [2.24, 2.45) is 14.1 Å². The molecule has 0 unspecified atom stereocenters. The van der Waals surface area contributed by atoms with Crippen molar-refractivity contribution in [3.63, 3.8) is 0 Å². The summed E-state index contributed by atoms with van der Waals surface area (Å²) in [5.74, 6) is 2.65. The summed E-state index contributed by atoms with van der Waals surface area (Å²) in [4.78, 5) is 52.8. The van der Waals surface area contributed by atoms with Gasteiger partial charge >= 0.3 is 12.1 Å². The first kappa shape index (κ1) is 87.0. The second kappa shape index (κ2) is 40.9. The van der Waals surface area contributed by atoms with Gasteiger partial charge in [-0.15, -0.1) is 0 Å². The van der Waals surface area contributed by atoms with Gasteiger partial charge in [0.15, 0.2) is 0 Å². The number of β-amino-alcohol motifs (C(OH)–C–C–N with tert-alkyl or cyclic N) is 1. The smallest absolute Gasteiger partial charge is 0.427 e. The largest absolute Gasteiger partial charge is 0.497 e. The van der Waals surface area contributed by atoms with Crippen molar-refractivity contribution in [2.45, 2.75) is 78.5 Å². The minimum atomic E-state index is -4.81. The molecule has 6 aromatic carbocycles. The predicted octanol–water partition coefficient (Wildman–Crippen LogP) is 12.6. The number of aliphatic hydroxyl groups is 1. The normalized spacial score (nSPS) is 12.8. The number of nitrogens with one attached hydrogen (secondary N) is 2. The number of rotatable bonds is 34. The summed E-state index contributed by atoms with van der Waals surface area (Å²) in [7, 11) is 17.4. The molecule has 0 aliphatic carbocycles. The van der Waals surface area contributed by atoms with E-state index in [1.54, 1.807) is 95.2 Å². The molecule has 6 aromatic heterocycles. The third kappa shape index (κ3) is 23.3. The van der Waals surface area contributed by atoms with E-state index in [0.29, 0.717) is 51.7 Å². The molecule has 3 N–H and O–H groups in total. The zero-order valence-corrected chi connectivity index (χ0v) is 69.7. The molecular weight excluding hydrogens is 1510 g/mol. The molecule has 29 nitrogen and oxygen atoms in total. The van der Waals surface area contributed by atoms with E-state index in [2.05, 4.69) is 123 Å². The lowest BCUT2D eigenvalue weighted by molar-refractivity contribution is -0.216. The summed E-state index contributed by atoms with van der Waals surface area (Å²) in [6, 6.07) is 34.6. The van der Waals surface area contributed by atoms with Crippen molar-refractivity contribution in [3.8, 4) is 68.3 Å². The number of hydrogen-bond donors (Lipinski definition) is 3. The van der Waals surface area contributed by atoms with Crippen molar-refractivity contribution < 1.29 is 56.2 Å². The number of hydrogen-bond acceptors (Lipinski definition) is 26. The van der Waals surface area contributed by atoms with E-state index in [1.807, 2.05) is 104 Å². The van der Waals surface area contributed by atoms with Gasteiger partial charge in [-0.3, -0.25) is 38.7 Å². The van der Waals surface area contributed by atoms with Gasteiger partial charge in [0.2, 0.25) is 6.10 Å². The number of ether oxygens (including phenoxy) is 7. The predicted molar refractivity (Wildman–Crippen MR) is 454 cm³/mol. The highest BCUT2D eigenvalue weighted by atomic mass is 19.4. The Bertz CT molecular complexity index is 5220. The number of anilines is 6. The van der Waals surface area contributed by atoms with Crippen LogP contribution in [0.5, 0.6) is 34.5 Å². The molecule has 1 aliphatic rings. The number of aliphatic hydroxyl groups excluding tert-OH is 1. The van der Waals surface area contributed by atoms with Gasteiger partial charge in [0.25, 0.3) is 0 Å². The number of alkyl halides is 3. The molecule has 118 heavy (non-hydrogen) atoms. The molecule has 0 bridgehead atoms. The van der Waals surface area contributed by atoms with Crippen molar-refractivity contribution in [3.05, 3.63) is 164 Å². The highest BCUT2D eigenvalue weighted by molar-refractivity contribution is 5.86. The number of piperazine rings is 1. The van der Waals surface area contributed by atoms with Gasteiger partial charge in [-0.05, 0) is 81.7 Å². The molecule has 1 fully saturated rings. The first-order valence-corrected chi connectivity index (χ1v) is 39.1. The van der Waals surface area contributed by atoms with Crippen LogP contribution in [0.1, 0.15) is 46.7 Å². The quantitative estimate of drug-likeness (QED) is 0.0316. The number of esters is 1. The fourth-order valence-corrected chi connectivity index (χ4v) is 13.6. The molecule has 0 saturated carbocycles. The van der Waals surface area contributed by atoms with Crippen LogP contribution in [-0.4, -0.2) is 245 Å². The van der Waals surface area contributed by atoms with Gasteiger partial charge in [0.05, 0.1) is 149 Å². The summed E-state index contributed by atoms with van der Waals surface area (Å²) in [6.07, 6.45) is 8.30. The number of carbonyl (C=O) groups is 1. The first-order chi connectivity index (χ1) is 56.8. The molecule has 7 heterocycles. The molecule has 1 atom stereocenters. The SMILES string of the molecule is COc1cc(OC)cc(N(CCNC(C)C)c2ccc3ncc(-c4cnn(C)c4CN(C)C)nc3c2)c1.COc1cc(OC)cc(N(CCNC(C)C)c2ccc3ncc(-c4cnn(CCCN5CCN(CCO)CC5)c4)nc3c2)c1.COc1cc(OC)cc(N(C[C@@H](OC(C)=O)C(F)(F)F)c2ccc3ncc(-c4cnn(C)c4)nc3c2)c1. The topological polar surface area (TPSA) is 276 Å². The van der Waals surface area contributed by atoms with Crippen molar-refractivity contribution in [1.29, 1.82) is 0 Å². The molecule has 13 rings (SSSR count). The number of carbonyl (C=O) groups excluding carboxylic acids is 1. The van der Waals surface area contributed by atoms with E-state index in [9.17, 15) is 18.0 Å². The molecule has 0 spiro atoms. The van der Waals surface area contributed by atoms with Crippen molar-refractivity contribution in [2.75, 3.05) is 150 Å². The van der Waals surface area contributed by atoms with E-state index < -0.39 is 24.8 Å². The summed E-state index contributed by atoms with van der Waals surface area (Å²) >= 11 is 0. The standard InChI is InChI=1S/C33H46N8O3.C28H37N7O2.C25H24F3N5O4/c1-25(2)34-8-11-41(28-18-29(43-3)21-30(19-28)44-4)27-6-7-31-32(20-27)37-33(23-35-31)26-22-36-40(24-26)10-5-9-38-12-14-39(15-13-38)16-17-42;1-19(2)29-10-11-35(21-12-22(36-6)15-23(13-21)37-7)20-8-9-25-26(14-20)32-27(17-30-25)24-16-31-34(5)28(24)18-33(3)4;1-15(34)37-24(25(26,27)28)14-33(18-7-19(35-3)10-20(8-18)36-4)17-5-6-21-22(9-17)31-23(12-29-21)16-11-30-32(2)13-16/h6-7,18-25,34,42H,5,8-17H2,1-4H3;8-9,12-17,19,29H,10-11,18H2,1-7H3;5-13,24H,14H2,1-4H3/t;;24-/m..1/s1. The lowest BCUT2D eigenvalue weighted by atomic mass is 10.1. The molecule has 12 aromatic rings. The van der Waals surface area contributed by atoms with Crippen LogP contribution in [0.2, 0.25) is 0 Å². The highest BCUT2D eigenvalue weighted by Crippen LogP contribution is 2.40. The number of aryl methyl sites for hydroxylation is 3. The van der Waals surface area contributed by atoms with Gasteiger partial charge in [-0.25, -0.2) is 15.0 Å². The Hall–Kier alpha value is -11.8. The lowest BCUT2D eigenvalue weighted by Gasteiger charge is -2.34. The van der Waals surface area contributed by atoms with Crippen molar-refractivity contribution in [1.82, 2.24) is 84.6 Å². The van der Waals surface area contributed by atoms with E-state index in [1.165, 1.54) is 19.1 Å². The van der Waals surface area contributed by atoms with Gasteiger partial charge in [-0.1, -0.05) is 27.7 Å². The minimum Gasteiger partial charge on any atom is -0.497 e. The molecule has 0 amide bonds. The third-order valence-electron chi connectivity index (χ3n) is 19.7. The second-order valence-corrected chi connectivity index (χ2v) is 29.3. The Kier molecular flexibility index (Phi) is 30.1. The number of benzene rings is 6. The Morgan fingerprint density at radius 2 is 0.915 bits per heavy atom. The van der Waals surface area contributed by atoms with E-state index in [0.717, 1.165) is 193 Å². The lowest BCUT2D eigenvalue weighted by Crippen LogP contribution is -2.47. The highest BCUT2D eigenvalue weighted by Gasteiger charge is 2.44. The summed E-state index contributed by atoms with van der Waals surface area (Å²) in [5, 5.41) is 29.4. The van der Waals surface area contributed by atoms with E-state index in [-0.39, 0.29) is 6.61 Å².